The van der Waals surface area contributed by atoms with Crippen molar-refractivity contribution in [2.45, 2.75) is 37.5 Å². The van der Waals surface area contributed by atoms with E-state index >= 15 is 0 Å². The Kier molecular flexibility index (Phi) is 7.45. The van der Waals surface area contributed by atoms with Crippen LogP contribution in [-0.4, -0.2) is 44.0 Å². The van der Waals surface area contributed by atoms with E-state index in [9.17, 15) is 4.79 Å². The zero-order chi connectivity index (χ0) is 20.8. The molecular formula is C23H30N2O3S. The van der Waals surface area contributed by atoms with Crippen LogP contribution in [0.15, 0.2) is 41.3 Å². The normalized spacial score (nSPS) is 15.1. The molecule has 1 heterocycles. The monoisotopic (exact) mass is 414 g/mol. The van der Waals surface area contributed by atoms with Crippen LogP contribution in [0.3, 0.4) is 0 Å². The Morgan fingerprint density at radius 1 is 1.21 bits per heavy atom. The number of rotatable bonds is 10. The maximum absolute atomic E-state index is 12.4. The van der Waals surface area contributed by atoms with Crippen LogP contribution < -0.4 is 14.8 Å². The van der Waals surface area contributed by atoms with Gasteiger partial charge in [-0.2, -0.15) is 0 Å². The molecule has 0 aliphatic carbocycles. The van der Waals surface area contributed by atoms with Gasteiger partial charge in [0.1, 0.15) is 16.9 Å². The van der Waals surface area contributed by atoms with Crippen LogP contribution in [0.1, 0.15) is 48.5 Å². The lowest BCUT2D eigenvalue weighted by Gasteiger charge is -2.21. The molecule has 0 fully saturated rings. The molecule has 29 heavy (non-hydrogen) atoms. The van der Waals surface area contributed by atoms with Gasteiger partial charge < -0.3 is 19.7 Å². The molecule has 0 saturated heterocycles. The molecule has 5 nitrogen and oxygen atoms in total. The third-order valence-corrected chi connectivity index (χ3v) is 6.38. The standard InChI is InChI=1S/C23H30N2O3S/c1-5-25(6-2)12-9-13-28-22-18(16(3)26)14-17(27-4)15-19(22)23-24-20-10-7-8-11-21(20)29-23/h7-8,10-11,14-15,23-24H,5-6,9,12-13H2,1-4H3. The Morgan fingerprint density at radius 3 is 2.62 bits per heavy atom. The third kappa shape index (κ3) is 5.06. The van der Waals surface area contributed by atoms with Crippen LogP contribution in [0, 0.1) is 0 Å². The summed E-state index contributed by atoms with van der Waals surface area (Å²) in [5.74, 6) is 1.30. The van der Waals surface area contributed by atoms with Crippen LogP contribution in [0.2, 0.25) is 0 Å². The van der Waals surface area contributed by atoms with Crippen LogP contribution in [-0.2, 0) is 0 Å². The average molecular weight is 415 g/mol. The number of anilines is 1. The Balaban J connectivity index is 1.86. The summed E-state index contributed by atoms with van der Waals surface area (Å²) in [5, 5.41) is 3.51. The highest BCUT2D eigenvalue weighted by atomic mass is 32.2. The highest BCUT2D eigenvalue weighted by Crippen LogP contribution is 2.49. The lowest BCUT2D eigenvalue weighted by molar-refractivity contribution is 0.101. The van der Waals surface area contributed by atoms with E-state index in [2.05, 4.69) is 36.2 Å². The van der Waals surface area contributed by atoms with Gasteiger partial charge in [-0.05, 0) is 50.7 Å². The third-order valence-electron chi connectivity index (χ3n) is 5.17. The fourth-order valence-corrected chi connectivity index (χ4v) is 4.64. The molecule has 0 saturated carbocycles. The van der Waals surface area contributed by atoms with E-state index in [0.717, 1.165) is 37.3 Å². The molecule has 0 aromatic heterocycles. The van der Waals surface area contributed by atoms with Gasteiger partial charge in [0.2, 0.25) is 0 Å². The second-order valence-electron chi connectivity index (χ2n) is 7.02. The van der Waals surface area contributed by atoms with Crippen LogP contribution >= 0.6 is 11.8 Å². The first-order valence-corrected chi connectivity index (χ1v) is 11.1. The number of ketones is 1. The first kappa shape index (κ1) is 21.5. The lowest BCUT2D eigenvalue weighted by Crippen LogP contribution is -2.25. The fourth-order valence-electron chi connectivity index (χ4n) is 3.49. The van der Waals surface area contributed by atoms with Gasteiger partial charge in [-0.15, -0.1) is 0 Å². The van der Waals surface area contributed by atoms with Gasteiger partial charge in [-0.1, -0.05) is 37.7 Å². The minimum absolute atomic E-state index is 0.0237. The van der Waals surface area contributed by atoms with Gasteiger partial charge in [0.05, 0.1) is 19.3 Å². The van der Waals surface area contributed by atoms with Crippen LogP contribution in [0.4, 0.5) is 5.69 Å². The molecule has 2 aromatic carbocycles. The van der Waals surface area contributed by atoms with Crippen molar-refractivity contribution in [3.05, 3.63) is 47.5 Å². The molecule has 156 valence electrons. The molecule has 1 N–H and O–H groups in total. The fraction of sp³-hybridized carbons (Fsp3) is 0.435. The van der Waals surface area contributed by atoms with Crippen molar-refractivity contribution >= 4 is 23.2 Å². The van der Waals surface area contributed by atoms with Crippen molar-refractivity contribution in [3.63, 3.8) is 0 Å². The van der Waals surface area contributed by atoms with Crippen molar-refractivity contribution < 1.29 is 14.3 Å². The van der Waals surface area contributed by atoms with Gasteiger partial charge in [-0.3, -0.25) is 4.79 Å². The van der Waals surface area contributed by atoms with Crippen molar-refractivity contribution in [2.24, 2.45) is 0 Å². The van der Waals surface area contributed by atoms with E-state index in [4.69, 9.17) is 9.47 Å². The molecule has 6 heteroatoms. The van der Waals surface area contributed by atoms with Crippen molar-refractivity contribution in [1.82, 2.24) is 4.90 Å². The summed E-state index contributed by atoms with van der Waals surface area (Å²) in [7, 11) is 1.62. The summed E-state index contributed by atoms with van der Waals surface area (Å²) in [6.45, 7) is 9.52. The number of benzene rings is 2. The van der Waals surface area contributed by atoms with Crippen LogP contribution in [0.25, 0.3) is 0 Å². The lowest BCUT2D eigenvalue weighted by atomic mass is 10.0. The predicted octanol–water partition coefficient (Wildman–Crippen LogP) is 5.22. The molecule has 1 atom stereocenters. The number of fused-ring (bicyclic) bond motifs is 1. The van der Waals surface area contributed by atoms with Crippen LogP contribution in [0.5, 0.6) is 11.5 Å². The smallest absolute Gasteiger partial charge is 0.163 e. The number of hydrogen-bond donors (Lipinski definition) is 1. The SMILES string of the molecule is CCN(CC)CCCOc1c(C(C)=O)cc(OC)cc1C1Nc2ccccc2S1. The zero-order valence-electron chi connectivity index (χ0n) is 17.7. The quantitative estimate of drug-likeness (QED) is 0.425. The average Bonchev–Trinajstić information content (AvgIpc) is 3.17. The number of carbonyl (C=O) groups excluding carboxylic acids is 1. The molecular weight excluding hydrogens is 384 g/mol. The molecule has 0 bridgehead atoms. The van der Waals surface area contributed by atoms with E-state index < -0.39 is 0 Å². The summed E-state index contributed by atoms with van der Waals surface area (Å²) < 4.78 is 11.7. The van der Waals surface area contributed by atoms with Crippen molar-refractivity contribution in [2.75, 3.05) is 38.7 Å². The minimum atomic E-state index is -0.0293. The number of para-hydroxylation sites is 1. The highest BCUT2D eigenvalue weighted by Gasteiger charge is 2.28. The zero-order valence-corrected chi connectivity index (χ0v) is 18.5. The number of methoxy groups -OCH3 is 1. The second kappa shape index (κ2) is 10.0. The second-order valence-corrected chi connectivity index (χ2v) is 8.16. The summed E-state index contributed by atoms with van der Waals surface area (Å²) in [6, 6.07) is 12.0. The summed E-state index contributed by atoms with van der Waals surface area (Å²) in [5.41, 5.74) is 2.61. The Hall–Kier alpha value is -2.18. The molecule has 2 aromatic rings. The maximum atomic E-state index is 12.4. The number of Topliss-reactive ketones (excluding diaryl/α,β-unsaturated/α-hetero) is 1. The van der Waals surface area contributed by atoms with E-state index in [-0.39, 0.29) is 11.2 Å². The molecule has 0 amide bonds. The maximum Gasteiger partial charge on any atom is 0.163 e. The predicted molar refractivity (Wildman–Crippen MR) is 120 cm³/mol. The van der Waals surface area contributed by atoms with E-state index in [1.807, 2.05) is 18.2 Å². The highest BCUT2D eigenvalue weighted by molar-refractivity contribution is 8.00. The van der Waals surface area contributed by atoms with E-state index in [0.29, 0.717) is 23.7 Å². The topological polar surface area (TPSA) is 50.8 Å². The van der Waals surface area contributed by atoms with Crippen molar-refractivity contribution in [3.8, 4) is 11.5 Å². The molecule has 1 aliphatic rings. The van der Waals surface area contributed by atoms with Gasteiger partial charge in [0, 0.05) is 22.7 Å². The Morgan fingerprint density at radius 2 is 1.97 bits per heavy atom. The number of nitrogens with zero attached hydrogens (tertiary/aromatic N) is 1. The summed E-state index contributed by atoms with van der Waals surface area (Å²) in [4.78, 5) is 15.9. The first-order valence-electron chi connectivity index (χ1n) is 10.2. The summed E-state index contributed by atoms with van der Waals surface area (Å²) in [6.07, 6.45) is 0.913. The van der Waals surface area contributed by atoms with Gasteiger partial charge in [-0.25, -0.2) is 0 Å². The van der Waals surface area contributed by atoms with E-state index in [1.165, 1.54) is 4.90 Å². The van der Waals surface area contributed by atoms with Gasteiger partial charge >= 0.3 is 0 Å². The Labute approximate surface area is 177 Å². The van der Waals surface area contributed by atoms with Gasteiger partial charge in [0.25, 0.3) is 0 Å². The summed E-state index contributed by atoms with van der Waals surface area (Å²) >= 11 is 1.73. The first-order chi connectivity index (χ1) is 14.1. The minimum Gasteiger partial charge on any atom is -0.497 e. The molecule has 0 radical (unpaired) electrons. The number of thioether (sulfide) groups is 1. The molecule has 0 spiro atoms. The molecule has 3 rings (SSSR count). The largest absolute Gasteiger partial charge is 0.497 e. The number of hydrogen-bond acceptors (Lipinski definition) is 6. The van der Waals surface area contributed by atoms with Crippen molar-refractivity contribution in [1.29, 1.82) is 0 Å². The van der Waals surface area contributed by atoms with E-state index in [1.54, 1.807) is 31.9 Å². The number of ether oxygens (including phenoxy) is 2. The molecule has 1 unspecified atom stereocenters. The Bertz CT molecular complexity index is 827. The number of carbonyl (C=O) groups is 1. The number of nitrogens with one attached hydrogen (secondary N) is 1. The molecule has 1 aliphatic heterocycles. The van der Waals surface area contributed by atoms with Gasteiger partial charge in [0.15, 0.2) is 5.78 Å².